The van der Waals surface area contributed by atoms with Crippen molar-refractivity contribution in [3.63, 3.8) is 0 Å². The number of rotatable bonds is 3. The van der Waals surface area contributed by atoms with Gasteiger partial charge in [0, 0.05) is 31.4 Å². The third-order valence-electron chi connectivity index (χ3n) is 4.24. The van der Waals surface area contributed by atoms with Gasteiger partial charge >= 0.3 is 0 Å². The number of hydrogen-bond donors (Lipinski definition) is 1. The van der Waals surface area contributed by atoms with Crippen LogP contribution in [-0.2, 0) is 4.79 Å². The Balaban J connectivity index is 1.64. The zero-order valence-electron chi connectivity index (χ0n) is 11.0. The summed E-state index contributed by atoms with van der Waals surface area (Å²) < 4.78 is 0. The maximum atomic E-state index is 12.1. The first-order valence-electron chi connectivity index (χ1n) is 6.72. The molecule has 96 valence electrons. The van der Waals surface area contributed by atoms with Crippen LogP contribution in [0.2, 0.25) is 0 Å². The van der Waals surface area contributed by atoms with Crippen molar-refractivity contribution in [1.82, 2.24) is 0 Å². The van der Waals surface area contributed by atoms with E-state index in [9.17, 15) is 4.79 Å². The highest BCUT2D eigenvalue weighted by Crippen LogP contribution is 2.54. The molecule has 1 N–H and O–H groups in total. The summed E-state index contributed by atoms with van der Waals surface area (Å²) in [6, 6.07) is 8.01. The number of fused-ring (bicyclic) bond motifs is 1. The van der Waals surface area contributed by atoms with Gasteiger partial charge in [0.25, 0.3) is 0 Å². The molecule has 0 aliphatic heterocycles. The van der Waals surface area contributed by atoms with Gasteiger partial charge < -0.3 is 10.2 Å². The molecule has 3 heteroatoms. The molecule has 2 aliphatic rings. The van der Waals surface area contributed by atoms with Crippen LogP contribution in [0.25, 0.3) is 0 Å². The zero-order valence-corrected chi connectivity index (χ0v) is 11.0. The lowest BCUT2D eigenvalue weighted by atomic mass is 10.0. The minimum atomic E-state index is 0.207. The second kappa shape index (κ2) is 4.30. The molecule has 0 aromatic heterocycles. The minimum Gasteiger partial charge on any atom is -0.378 e. The summed E-state index contributed by atoms with van der Waals surface area (Å²) >= 11 is 0. The summed E-state index contributed by atoms with van der Waals surface area (Å²) in [7, 11) is 4.01. The number of amides is 1. The van der Waals surface area contributed by atoms with Crippen molar-refractivity contribution in [3.8, 4) is 0 Å². The second-order valence-corrected chi connectivity index (χ2v) is 5.86. The standard InChI is InChI=1S/C15H20N2O/c1-17(2)14-5-3-4-13(9-14)16-15(18)12-7-10-6-11(10)8-12/h3-5,9-12H,6-8H2,1-2H3,(H,16,18). The summed E-state index contributed by atoms with van der Waals surface area (Å²) in [6.45, 7) is 0. The van der Waals surface area contributed by atoms with Gasteiger partial charge in [0.15, 0.2) is 0 Å². The molecule has 3 nitrogen and oxygen atoms in total. The highest BCUT2D eigenvalue weighted by molar-refractivity contribution is 5.93. The largest absolute Gasteiger partial charge is 0.378 e. The van der Waals surface area contributed by atoms with Crippen LogP contribution in [0.3, 0.4) is 0 Å². The molecule has 2 unspecified atom stereocenters. The minimum absolute atomic E-state index is 0.207. The zero-order chi connectivity index (χ0) is 12.7. The summed E-state index contributed by atoms with van der Waals surface area (Å²) in [6.07, 6.45) is 3.56. The van der Waals surface area contributed by atoms with E-state index in [1.54, 1.807) is 0 Å². The van der Waals surface area contributed by atoms with E-state index in [1.807, 2.05) is 43.3 Å². The summed E-state index contributed by atoms with van der Waals surface area (Å²) in [5, 5.41) is 3.05. The topological polar surface area (TPSA) is 32.3 Å². The second-order valence-electron chi connectivity index (χ2n) is 5.86. The van der Waals surface area contributed by atoms with Crippen molar-refractivity contribution in [2.24, 2.45) is 17.8 Å². The van der Waals surface area contributed by atoms with Gasteiger partial charge in [0.05, 0.1) is 0 Å². The van der Waals surface area contributed by atoms with Crippen molar-refractivity contribution in [1.29, 1.82) is 0 Å². The third kappa shape index (κ3) is 2.22. The highest BCUT2D eigenvalue weighted by atomic mass is 16.1. The number of anilines is 2. The lowest BCUT2D eigenvalue weighted by molar-refractivity contribution is -0.120. The van der Waals surface area contributed by atoms with Crippen LogP contribution in [0.5, 0.6) is 0 Å². The molecule has 18 heavy (non-hydrogen) atoms. The van der Waals surface area contributed by atoms with Crippen LogP contribution >= 0.6 is 0 Å². The van der Waals surface area contributed by atoms with Crippen LogP contribution in [0, 0.1) is 17.8 Å². The predicted molar refractivity (Wildman–Crippen MR) is 73.7 cm³/mol. The monoisotopic (exact) mass is 244 g/mol. The van der Waals surface area contributed by atoms with E-state index in [-0.39, 0.29) is 11.8 Å². The molecule has 0 spiro atoms. The number of hydrogen-bond acceptors (Lipinski definition) is 2. The van der Waals surface area contributed by atoms with Gasteiger partial charge in [-0.05, 0) is 49.3 Å². The van der Waals surface area contributed by atoms with Crippen molar-refractivity contribution >= 4 is 17.3 Å². The lowest BCUT2D eigenvalue weighted by Crippen LogP contribution is -2.21. The SMILES string of the molecule is CN(C)c1cccc(NC(=O)C2CC3CC3C2)c1. The number of nitrogens with one attached hydrogen (secondary N) is 1. The maximum absolute atomic E-state index is 12.1. The average molecular weight is 244 g/mol. The molecule has 2 fully saturated rings. The fourth-order valence-electron chi connectivity index (χ4n) is 3.04. The molecule has 0 bridgehead atoms. The Morgan fingerprint density at radius 1 is 1.22 bits per heavy atom. The average Bonchev–Trinajstić information content (AvgIpc) is 2.96. The molecule has 1 amide bonds. The van der Waals surface area contributed by atoms with E-state index in [0.717, 1.165) is 36.1 Å². The first-order chi connectivity index (χ1) is 8.63. The number of benzene rings is 1. The molecule has 1 aromatic carbocycles. The van der Waals surface area contributed by atoms with Crippen LogP contribution < -0.4 is 10.2 Å². The number of nitrogens with zero attached hydrogens (tertiary/aromatic N) is 1. The van der Waals surface area contributed by atoms with Crippen molar-refractivity contribution < 1.29 is 4.79 Å². The van der Waals surface area contributed by atoms with E-state index in [1.165, 1.54) is 6.42 Å². The molecule has 1 aromatic rings. The normalized spacial score (nSPS) is 28.7. The first-order valence-corrected chi connectivity index (χ1v) is 6.72. The summed E-state index contributed by atoms with van der Waals surface area (Å²) in [5.41, 5.74) is 2.02. The van der Waals surface area contributed by atoms with Gasteiger partial charge in [-0.2, -0.15) is 0 Å². The fourth-order valence-corrected chi connectivity index (χ4v) is 3.04. The molecule has 2 atom stereocenters. The summed E-state index contributed by atoms with van der Waals surface area (Å²) in [5.74, 6) is 2.16. The van der Waals surface area contributed by atoms with Gasteiger partial charge in [0.1, 0.15) is 0 Å². The van der Waals surface area contributed by atoms with E-state index >= 15 is 0 Å². The fraction of sp³-hybridized carbons (Fsp3) is 0.533. The third-order valence-corrected chi connectivity index (χ3v) is 4.24. The molecule has 0 saturated heterocycles. The smallest absolute Gasteiger partial charge is 0.227 e. The van der Waals surface area contributed by atoms with Crippen LogP contribution in [-0.4, -0.2) is 20.0 Å². The van der Waals surface area contributed by atoms with Gasteiger partial charge in [-0.15, -0.1) is 0 Å². The Kier molecular flexibility index (Phi) is 2.77. The molecule has 2 saturated carbocycles. The summed E-state index contributed by atoms with van der Waals surface area (Å²) in [4.78, 5) is 14.2. The molecule has 2 aliphatic carbocycles. The number of carbonyl (C=O) groups excluding carboxylic acids is 1. The van der Waals surface area contributed by atoms with E-state index in [2.05, 4.69) is 5.32 Å². The van der Waals surface area contributed by atoms with Gasteiger partial charge in [-0.3, -0.25) is 4.79 Å². The van der Waals surface area contributed by atoms with Crippen molar-refractivity contribution in [2.75, 3.05) is 24.3 Å². The molecule has 0 radical (unpaired) electrons. The van der Waals surface area contributed by atoms with E-state index in [0.29, 0.717) is 0 Å². The van der Waals surface area contributed by atoms with Crippen LogP contribution in [0.15, 0.2) is 24.3 Å². The Morgan fingerprint density at radius 3 is 2.61 bits per heavy atom. The molecular formula is C15H20N2O. The highest BCUT2D eigenvalue weighted by Gasteiger charge is 2.47. The predicted octanol–water partition coefficient (Wildman–Crippen LogP) is 2.74. The van der Waals surface area contributed by atoms with Crippen molar-refractivity contribution in [3.05, 3.63) is 24.3 Å². The van der Waals surface area contributed by atoms with Gasteiger partial charge in [-0.1, -0.05) is 6.07 Å². The Morgan fingerprint density at radius 2 is 1.94 bits per heavy atom. The van der Waals surface area contributed by atoms with Gasteiger partial charge in [0.2, 0.25) is 5.91 Å². The van der Waals surface area contributed by atoms with Crippen LogP contribution in [0.4, 0.5) is 11.4 Å². The van der Waals surface area contributed by atoms with E-state index < -0.39 is 0 Å². The maximum Gasteiger partial charge on any atom is 0.227 e. The molecular weight excluding hydrogens is 224 g/mol. The number of carbonyl (C=O) groups is 1. The lowest BCUT2D eigenvalue weighted by Gasteiger charge is -2.16. The Labute approximate surface area is 108 Å². The Hall–Kier alpha value is -1.51. The quantitative estimate of drug-likeness (QED) is 0.886. The first kappa shape index (κ1) is 11.6. The van der Waals surface area contributed by atoms with Gasteiger partial charge in [-0.25, -0.2) is 0 Å². The van der Waals surface area contributed by atoms with Crippen molar-refractivity contribution in [2.45, 2.75) is 19.3 Å². The van der Waals surface area contributed by atoms with E-state index in [4.69, 9.17) is 0 Å². The Bertz CT molecular complexity index is 459. The van der Waals surface area contributed by atoms with Crippen LogP contribution in [0.1, 0.15) is 19.3 Å². The molecule has 3 rings (SSSR count). The molecule has 0 heterocycles.